The lowest BCUT2D eigenvalue weighted by atomic mass is 9.85. The number of rotatable bonds is 4. The predicted molar refractivity (Wildman–Crippen MR) is 74.0 cm³/mol. The van der Waals surface area contributed by atoms with Crippen LogP contribution in [0.3, 0.4) is 0 Å². The van der Waals surface area contributed by atoms with Gasteiger partial charge in [0, 0.05) is 18.6 Å². The molecule has 2 aliphatic rings. The van der Waals surface area contributed by atoms with E-state index in [1.54, 1.807) is 6.26 Å². The van der Waals surface area contributed by atoms with Gasteiger partial charge in [-0.3, -0.25) is 0 Å². The maximum Gasteiger partial charge on any atom is 0.315 e. The first kappa shape index (κ1) is 13.5. The molecule has 2 fully saturated rings. The number of furan rings is 1. The second-order valence-corrected chi connectivity index (χ2v) is 6.06. The van der Waals surface area contributed by atoms with Crippen molar-refractivity contribution < 1.29 is 14.3 Å². The highest BCUT2D eigenvalue weighted by molar-refractivity contribution is 5.74. The second-order valence-electron chi connectivity index (χ2n) is 6.06. The van der Waals surface area contributed by atoms with Gasteiger partial charge >= 0.3 is 6.03 Å². The zero-order chi connectivity index (χ0) is 14.1. The fourth-order valence-electron chi connectivity index (χ4n) is 3.90. The van der Waals surface area contributed by atoms with Crippen LogP contribution in [0, 0.1) is 17.8 Å². The summed E-state index contributed by atoms with van der Waals surface area (Å²) in [5.41, 5.74) is 0. The zero-order valence-electron chi connectivity index (χ0n) is 11.7. The molecule has 20 heavy (non-hydrogen) atoms. The van der Waals surface area contributed by atoms with Crippen molar-refractivity contribution >= 4 is 6.03 Å². The van der Waals surface area contributed by atoms with Crippen molar-refractivity contribution in [2.75, 3.05) is 6.61 Å². The van der Waals surface area contributed by atoms with Crippen LogP contribution in [0.5, 0.6) is 0 Å². The summed E-state index contributed by atoms with van der Waals surface area (Å²) in [7, 11) is 0. The van der Waals surface area contributed by atoms with Gasteiger partial charge in [-0.2, -0.15) is 0 Å². The number of amides is 2. The molecule has 2 saturated carbocycles. The Kier molecular flexibility index (Phi) is 3.70. The third-order valence-electron chi connectivity index (χ3n) is 4.91. The summed E-state index contributed by atoms with van der Waals surface area (Å²) in [6.07, 6.45) is 5.10. The number of aliphatic hydroxyl groups excluding tert-OH is 1. The molecule has 5 heteroatoms. The van der Waals surface area contributed by atoms with Crippen LogP contribution < -0.4 is 10.6 Å². The standard InChI is InChI=1S/C15H22N2O3/c1-9(13-3-2-6-20-13)16-15(19)17-14-11-5-4-10(7-11)12(14)8-18/h2-3,6,9-12,14,18H,4-5,7-8H2,1H3,(H2,16,17,19). The molecule has 3 N–H and O–H groups in total. The van der Waals surface area contributed by atoms with E-state index >= 15 is 0 Å². The fourth-order valence-corrected chi connectivity index (χ4v) is 3.90. The molecule has 1 aromatic heterocycles. The molecule has 5 nitrogen and oxygen atoms in total. The van der Waals surface area contributed by atoms with Crippen LogP contribution in [0.25, 0.3) is 0 Å². The van der Waals surface area contributed by atoms with Crippen LogP contribution in [0.15, 0.2) is 22.8 Å². The van der Waals surface area contributed by atoms with Gasteiger partial charge in [0.15, 0.2) is 0 Å². The Morgan fingerprint density at radius 2 is 2.30 bits per heavy atom. The molecular weight excluding hydrogens is 256 g/mol. The third kappa shape index (κ3) is 2.42. The first-order valence-electron chi connectivity index (χ1n) is 7.40. The minimum absolute atomic E-state index is 0.113. The zero-order valence-corrected chi connectivity index (χ0v) is 11.7. The molecule has 0 aromatic carbocycles. The van der Waals surface area contributed by atoms with Gasteiger partial charge in [0.2, 0.25) is 0 Å². The molecule has 1 heterocycles. The number of aliphatic hydroxyl groups is 1. The van der Waals surface area contributed by atoms with Gasteiger partial charge in [0.05, 0.1) is 12.3 Å². The predicted octanol–water partition coefficient (Wildman–Crippen LogP) is 2.05. The monoisotopic (exact) mass is 278 g/mol. The molecule has 2 aliphatic carbocycles. The van der Waals surface area contributed by atoms with E-state index < -0.39 is 0 Å². The molecule has 2 amide bonds. The quantitative estimate of drug-likeness (QED) is 0.789. The van der Waals surface area contributed by atoms with Crippen molar-refractivity contribution in [1.82, 2.24) is 10.6 Å². The van der Waals surface area contributed by atoms with Crippen molar-refractivity contribution in [2.45, 2.75) is 38.3 Å². The summed E-state index contributed by atoms with van der Waals surface area (Å²) in [5.74, 6) is 2.07. The van der Waals surface area contributed by atoms with Gasteiger partial charge < -0.3 is 20.2 Å². The first-order chi connectivity index (χ1) is 9.69. The van der Waals surface area contributed by atoms with Gasteiger partial charge in [0.25, 0.3) is 0 Å². The maximum absolute atomic E-state index is 12.1. The lowest BCUT2D eigenvalue weighted by molar-refractivity contribution is 0.144. The Morgan fingerprint density at radius 1 is 1.50 bits per heavy atom. The Hall–Kier alpha value is -1.49. The number of fused-ring (bicyclic) bond motifs is 2. The van der Waals surface area contributed by atoms with Crippen LogP contribution in [-0.4, -0.2) is 23.8 Å². The molecular formula is C15H22N2O3. The summed E-state index contributed by atoms with van der Waals surface area (Å²) >= 11 is 0. The molecule has 0 aliphatic heterocycles. The highest BCUT2D eigenvalue weighted by Crippen LogP contribution is 2.48. The lowest BCUT2D eigenvalue weighted by Crippen LogP contribution is -2.49. The van der Waals surface area contributed by atoms with Gasteiger partial charge in [-0.05, 0) is 50.2 Å². The number of hydrogen-bond donors (Lipinski definition) is 3. The molecule has 2 bridgehead atoms. The van der Waals surface area contributed by atoms with E-state index in [2.05, 4.69) is 10.6 Å². The highest BCUT2D eigenvalue weighted by Gasteiger charge is 2.47. The van der Waals surface area contributed by atoms with E-state index in [1.165, 1.54) is 12.8 Å². The number of carbonyl (C=O) groups excluding carboxylic acids is 1. The summed E-state index contributed by atoms with van der Waals surface area (Å²) in [5, 5.41) is 15.5. The highest BCUT2D eigenvalue weighted by atomic mass is 16.3. The normalized spacial score (nSPS) is 33.1. The smallest absolute Gasteiger partial charge is 0.315 e. The van der Waals surface area contributed by atoms with Gasteiger partial charge in [-0.1, -0.05) is 0 Å². The minimum atomic E-state index is -0.176. The number of hydrogen-bond acceptors (Lipinski definition) is 3. The topological polar surface area (TPSA) is 74.5 Å². The Balaban J connectivity index is 1.56. The van der Waals surface area contributed by atoms with Crippen LogP contribution in [0.2, 0.25) is 0 Å². The molecule has 110 valence electrons. The van der Waals surface area contributed by atoms with Crippen molar-refractivity contribution in [2.24, 2.45) is 17.8 Å². The molecule has 0 radical (unpaired) electrons. The summed E-state index contributed by atoms with van der Waals surface area (Å²) in [4.78, 5) is 12.1. The summed E-state index contributed by atoms with van der Waals surface area (Å²) in [6.45, 7) is 2.06. The van der Waals surface area contributed by atoms with Crippen LogP contribution in [0.1, 0.15) is 38.0 Å². The fraction of sp³-hybridized carbons (Fsp3) is 0.667. The number of carbonyl (C=O) groups is 1. The molecule has 5 atom stereocenters. The van der Waals surface area contributed by atoms with E-state index in [9.17, 15) is 9.90 Å². The Morgan fingerprint density at radius 3 is 3.00 bits per heavy atom. The Labute approximate surface area is 118 Å². The first-order valence-corrected chi connectivity index (χ1v) is 7.40. The summed E-state index contributed by atoms with van der Waals surface area (Å²) < 4.78 is 5.28. The van der Waals surface area contributed by atoms with E-state index in [0.29, 0.717) is 11.8 Å². The SMILES string of the molecule is CC(NC(=O)NC1C2CCC(C2)C1CO)c1ccco1. The van der Waals surface area contributed by atoms with Gasteiger partial charge in [-0.15, -0.1) is 0 Å². The number of nitrogens with one attached hydrogen (secondary N) is 2. The van der Waals surface area contributed by atoms with Crippen LogP contribution in [-0.2, 0) is 0 Å². The molecule has 3 rings (SSSR count). The maximum atomic E-state index is 12.1. The van der Waals surface area contributed by atoms with Crippen molar-refractivity contribution in [3.63, 3.8) is 0 Å². The van der Waals surface area contributed by atoms with Gasteiger partial charge in [-0.25, -0.2) is 4.79 Å². The minimum Gasteiger partial charge on any atom is -0.467 e. The van der Waals surface area contributed by atoms with E-state index in [4.69, 9.17) is 4.42 Å². The lowest BCUT2D eigenvalue weighted by Gasteiger charge is -2.30. The number of urea groups is 1. The Bertz CT molecular complexity index is 460. The van der Waals surface area contributed by atoms with E-state index in [1.807, 2.05) is 19.1 Å². The van der Waals surface area contributed by atoms with E-state index in [0.717, 1.165) is 12.2 Å². The molecule has 5 unspecified atom stereocenters. The average molecular weight is 278 g/mol. The van der Waals surface area contributed by atoms with Crippen molar-refractivity contribution in [3.8, 4) is 0 Å². The second kappa shape index (κ2) is 5.48. The average Bonchev–Trinajstić information content (AvgIpc) is 3.15. The van der Waals surface area contributed by atoms with Gasteiger partial charge in [0.1, 0.15) is 5.76 Å². The van der Waals surface area contributed by atoms with Crippen molar-refractivity contribution in [1.29, 1.82) is 0 Å². The molecule has 1 aromatic rings. The van der Waals surface area contributed by atoms with E-state index in [-0.39, 0.29) is 30.6 Å². The molecule has 0 spiro atoms. The van der Waals surface area contributed by atoms with Crippen molar-refractivity contribution in [3.05, 3.63) is 24.2 Å². The summed E-state index contributed by atoms with van der Waals surface area (Å²) in [6, 6.07) is 3.44. The largest absolute Gasteiger partial charge is 0.467 e. The van der Waals surface area contributed by atoms with Crippen LogP contribution in [0.4, 0.5) is 4.79 Å². The van der Waals surface area contributed by atoms with Crippen LogP contribution >= 0.6 is 0 Å². The molecule has 0 saturated heterocycles. The third-order valence-corrected chi connectivity index (χ3v) is 4.91.